The highest BCUT2D eigenvalue weighted by Crippen LogP contribution is 2.42. The van der Waals surface area contributed by atoms with E-state index < -0.39 is 0 Å². The van der Waals surface area contributed by atoms with E-state index in [1.807, 2.05) is 30.4 Å². The van der Waals surface area contributed by atoms with Gasteiger partial charge in [-0.05, 0) is 13.5 Å². The molecule has 1 aliphatic carbocycles. The van der Waals surface area contributed by atoms with Gasteiger partial charge in [0.15, 0.2) is 5.79 Å². The number of hydrogen-bond acceptors (Lipinski definition) is 6. The van der Waals surface area contributed by atoms with Crippen LogP contribution >= 0.6 is 23.1 Å². The second kappa shape index (κ2) is 5.46. The lowest BCUT2D eigenvalue weighted by Crippen LogP contribution is -2.48. The van der Waals surface area contributed by atoms with Crippen LogP contribution in [0.25, 0.3) is 0 Å². The smallest absolute Gasteiger partial charge is 0.169 e. The van der Waals surface area contributed by atoms with Gasteiger partial charge in [0.1, 0.15) is 4.34 Å². The Morgan fingerprint density at radius 1 is 1.50 bits per heavy atom. The molecular formula is C12H18N2O2S2. The summed E-state index contributed by atoms with van der Waals surface area (Å²) in [5, 5.41) is 5.91. The van der Waals surface area contributed by atoms with Gasteiger partial charge in [0.05, 0.1) is 13.2 Å². The van der Waals surface area contributed by atoms with Crippen molar-refractivity contribution < 1.29 is 9.47 Å². The molecule has 4 nitrogen and oxygen atoms in total. The van der Waals surface area contributed by atoms with Crippen LogP contribution in [-0.4, -0.2) is 42.3 Å². The van der Waals surface area contributed by atoms with Crippen LogP contribution in [0.3, 0.4) is 0 Å². The monoisotopic (exact) mass is 286 g/mol. The van der Waals surface area contributed by atoms with Crippen molar-refractivity contribution in [2.75, 3.05) is 20.3 Å². The maximum Gasteiger partial charge on any atom is 0.169 e. The van der Waals surface area contributed by atoms with Crippen LogP contribution in [0.5, 0.6) is 0 Å². The standard InChI is InChI=1S/C12H18N2O2S2/c1-13-9-2-3-12(15-5-6-16-12)8-10(9)18-11-14-4-7-17-11/h4,7,9-10,13H,2-3,5-6,8H2,1H3. The van der Waals surface area contributed by atoms with Gasteiger partial charge in [-0.15, -0.1) is 11.3 Å². The minimum Gasteiger partial charge on any atom is -0.347 e. The minimum atomic E-state index is -0.317. The number of aromatic nitrogens is 1. The van der Waals surface area contributed by atoms with E-state index in [2.05, 4.69) is 10.3 Å². The highest BCUT2D eigenvalue weighted by molar-refractivity contribution is 8.01. The molecule has 0 amide bonds. The fraction of sp³-hybridized carbons (Fsp3) is 0.750. The lowest BCUT2D eigenvalue weighted by Gasteiger charge is -2.40. The molecule has 1 aliphatic heterocycles. The summed E-state index contributed by atoms with van der Waals surface area (Å²) in [7, 11) is 2.04. The number of thiazole rings is 1. The average molecular weight is 286 g/mol. The Kier molecular flexibility index (Phi) is 3.91. The summed E-state index contributed by atoms with van der Waals surface area (Å²) in [5.74, 6) is -0.317. The highest BCUT2D eigenvalue weighted by atomic mass is 32.2. The van der Waals surface area contributed by atoms with Crippen LogP contribution in [0.2, 0.25) is 0 Å². The van der Waals surface area contributed by atoms with Crippen molar-refractivity contribution in [1.82, 2.24) is 10.3 Å². The Hall–Kier alpha value is -0.140. The maximum atomic E-state index is 5.84. The molecule has 0 aromatic carbocycles. The summed E-state index contributed by atoms with van der Waals surface area (Å²) in [6.45, 7) is 1.47. The van der Waals surface area contributed by atoms with E-state index in [1.54, 1.807) is 11.3 Å². The molecule has 1 N–H and O–H groups in total. The van der Waals surface area contributed by atoms with E-state index in [1.165, 1.54) is 0 Å². The Labute approximate surface area is 115 Å². The van der Waals surface area contributed by atoms with Crippen molar-refractivity contribution in [2.45, 2.75) is 40.7 Å². The van der Waals surface area contributed by atoms with Gasteiger partial charge in [0.2, 0.25) is 0 Å². The largest absolute Gasteiger partial charge is 0.347 e. The zero-order chi connectivity index (χ0) is 12.4. The Balaban J connectivity index is 1.71. The summed E-state index contributed by atoms with van der Waals surface area (Å²) in [6.07, 6.45) is 4.90. The van der Waals surface area contributed by atoms with Crippen molar-refractivity contribution in [3.63, 3.8) is 0 Å². The molecule has 0 radical (unpaired) electrons. The first-order valence-corrected chi connectivity index (χ1v) is 8.09. The molecule has 2 fully saturated rings. The molecule has 0 bridgehead atoms. The van der Waals surface area contributed by atoms with Crippen LogP contribution in [-0.2, 0) is 9.47 Å². The molecular weight excluding hydrogens is 268 g/mol. The predicted octanol–water partition coefficient (Wildman–Crippen LogP) is 2.12. The topological polar surface area (TPSA) is 43.4 Å². The fourth-order valence-corrected chi connectivity index (χ4v) is 5.00. The van der Waals surface area contributed by atoms with Gasteiger partial charge in [0.25, 0.3) is 0 Å². The van der Waals surface area contributed by atoms with Gasteiger partial charge in [-0.2, -0.15) is 0 Å². The molecule has 1 aromatic rings. The maximum absolute atomic E-state index is 5.84. The molecule has 1 saturated heterocycles. The van der Waals surface area contributed by atoms with Crippen LogP contribution < -0.4 is 5.32 Å². The van der Waals surface area contributed by atoms with Crippen LogP contribution in [0.15, 0.2) is 15.9 Å². The molecule has 2 atom stereocenters. The molecule has 18 heavy (non-hydrogen) atoms. The molecule has 100 valence electrons. The van der Waals surface area contributed by atoms with Crippen molar-refractivity contribution in [1.29, 1.82) is 0 Å². The lowest BCUT2D eigenvalue weighted by molar-refractivity contribution is -0.177. The molecule has 2 aliphatic rings. The predicted molar refractivity (Wildman–Crippen MR) is 73.1 cm³/mol. The van der Waals surface area contributed by atoms with E-state index in [-0.39, 0.29) is 5.79 Å². The number of nitrogens with one attached hydrogen (secondary N) is 1. The first-order valence-electron chi connectivity index (χ1n) is 6.33. The van der Waals surface area contributed by atoms with Gasteiger partial charge in [-0.25, -0.2) is 4.98 Å². The second-order valence-electron chi connectivity index (χ2n) is 4.70. The number of ether oxygens (including phenoxy) is 2. The van der Waals surface area contributed by atoms with Gasteiger partial charge < -0.3 is 14.8 Å². The number of hydrogen-bond donors (Lipinski definition) is 1. The Morgan fingerprint density at radius 3 is 3.00 bits per heavy atom. The summed E-state index contributed by atoms with van der Waals surface area (Å²) >= 11 is 3.55. The normalized spacial score (nSPS) is 30.9. The van der Waals surface area contributed by atoms with E-state index in [0.29, 0.717) is 11.3 Å². The summed E-state index contributed by atoms with van der Waals surface area (Å²) < 4.78 is 12.8. The van der Waals surface area contributed by atoms with Crippen LogP contribution in [0, 0.1) is 0 Å². The molecule has 3 rings (SSSR count). The lowest BCUT2D eigenvalue weighted by atomic mass is 9.89. The summed E-state index contributed by atoms with van der Waals surface area (Å²) in [4.78, 5) is 4.37. The Morgan fingerprint density at radius 2 is 2.33 bits per heavy atom. The van der Waals surface area contributed by atoms with Gasteiger partial charge >= 0.3 is 0 Å². The van der Waals surface area contributed by atoms with Gasteiger partial charge in [-0.1, -0.05) is 11.8 Å². The number of nitrogens with zero attached hydrogens (tertiary/aromatic N) is 1. The minimum absolute atomic E-state index is 0.317. The van der Waals surface area contributed by atoms with E-state index >= 15 is 0 Å². The molecule has 1 saturated carbocycles. The molecule has 1 aromatic heterocycles. The van der Waals surface area contributed by atoms with Crippen LogP contribution in [0.4, 0.5) is 0 Å². The van der Waals surface area contributed by atoms with Gasteiger partial charge in [0, 0.05) is 35.7 Å². The number of rotatable bonds is 3. The first-order chi connectivity index (χ1) is 8.81. The van der Waals surface area contributed by atoms with Crippen molar-refractivity contribution in [2.24, 2.45) is 0 Å². The third-order valence-corrected chi connectivity index (χ3v) is 5.89. The third kappa shape index (κ3) is 2.58. The second-order valence-corrected chi connectivity index (χ2v) is 7.08. The first kappa shape index (κ1) is 12.9. The Bertz CT molecular complexity index is 379. The zero-order valence-corrected chi connectivity index (χ0v) is 12.1. The fourth-order valence-electron chi connectivity index (χ4n) is 2.72. The van der Waals surface area contributed by atoms with Crippen LogP contribution in [0.1, 0.15) is 19.3 Å². The summed E-state index contributed by atoms with van der Waals surface area (Å²) in [5.41, 5.74) is 0. The summed E-state index contributed by atoms with van der Waals surface area (Å²) in [6, 6.07) is 0.511. The van der Waals surface area contributed by atoms with E-state index in [9.17, 15) is 0 Å². The number of thioether (sulfide) groups is 1. The van der Waals surface area contributed by atoms with E-state index in [0.717, 1.165) is 36.8 Å². The van der Waals surface area contributed by atoms with Crippen molar-refractivity contribution >= 4 is 23.1 Å². The molecule has 6 heteroatoms. The third-order valence-electron chi connectivity index (χ3n) is 3.64. The van der Waals surface area contributed by atoms with Crippen molar-refractivity contribution in [3.8, 4) is 0 Å². The van der Waals surface area contributed by atoms with E-state index in [4.69, 9.17) is 9.47 Å². The molecule has 2 heterocycles. The zero-order valence-electron chi connectivity index (χ0n) is 10.4. The SMILES string of the molecule is CNC1CCC2(CC1Sc1nccs1)OCCO2. The van der Waals surface area contributed by atoms with Crippen molar-refractivity contribution in [3.05, 3.63) is 11.6 Å². The molecule has 1 spiro atoms. The molecule has 2 unspecified atom stereocenters. The highest BCUT2D eigenvalue weighted by Gasteiger charge is 2.45. The quantitative estimate of drug-likeness (QED) is 0.922. The van der Waals surface area contributed by atoms with Gasteiger partial charge in [-0.3, -0.25) is 0 Å². The average Bonchev–Trinajstić information content (AvgIpc) is 3.02.